The van der Waals surface area contributed by atoms with E-state index in [0.29, 0.717) is 13.0 Å². The molecule has 0 saturated carbocycles. The molecule has 5 nitrogen and oxygen atoms in total. The first-order chi connectivity index (χ1) is 8.01. The van der Waals surface area contributed by atoms with Crippen molar-refractivity contribution in [2.75, 3.05) is 39.3 Å². The van der Waals surface area contributed by atoms with E-state index in [1.54, 1.807) is 0 Å². The number of amides is 1. The Kier molecular flexibility index (Phi) is 5.36. The number of primary amides is 1. The first kappa shape index (κ1) is 14.4. The van der Waals surface area contributed by atoms with Crippen LogP contribution in [0.5, 0.6) is 0 Å². The SMILES string of the molecule is CCN(CC)CCN1CCCC(O)(C(N)=O)C1. The normalized spacial score (nSPS) is 26.4. The van der Waals surface area contributed by atoms with Crippen molar-refractivity contribution in [1.82, 2.24) is 9.80 Å². The molecule has 100 valence electrons. The smallest absolute Gasteiger partial charge is 0.250 e. The number of β-amino-alcohol motifs (C(OH)–C–C–N with tert-alkyl or cyclic N) is 1. The third-order valence-electron chi connectivity index (χ3n) is 3.64. The lowest BCUT2D eigenvalue weighted by Gasteiger charge is -2.37. The molecule has 3 N–H and O–H groups in total. The van der Waals surface area contributed by atoms with Crippen molar-refractivity contribution in [3.05, 3.63) is 0 Å². The number of likely N-dealkylation sites (tertiary alicyclic amines) is 1. The maximum absolute atomic E-state index is 11.2. The zero-order chi connectivity index (χ0) is 12.9. The molecular weight excluding hydrogens is 218 g/mol. The third-order valence-corrected chi connectivity index (χ3v) is 3.64. The first-order valence-electron chi connectivity index (χ1n) is 6.49. The van der Waals surface area contributed by atoms with Crippen LogP contribution in [0.3, 0.4) is 0 Å². The van der Waals surface area contributed by atoms with Gasteiger partial charge in [0.25, 0.3) is 5.91 Å². The molecule has 0 radical (unpaired) electrons. The number of likely N-dealkylation sites (N-methyl/N-ethyl adjacent to an activating group) is 1. The largest absolute Gasteiger partial charge is 0.379 e. The van der Waals surface area contributed by atoms with Crippen LogP contribution >= 0.6 is 0 Å². The molecule has 0 aromatic heterocycles. The number of carbonyl (C=O) groups is 1. The van der Waals surface area contributed by atoms with Gasteiger partial charge in [-0.1, -0.05) is 13.8 Å². The monoisotopic (exact) mass is 243 g/mol. The van der Waals surface area contributed by atoms with Gasteiger partial charge in [0.05, 0.1) is 0 Å². The lowest BCUT2D eigenvalue weighted by atomic mass is 9.92. The highest BCUT2D eigenvalue weighted by Gasteiger charge is 2.38. The number of aliphatic hydroxyl groups is 1. The average molecular weight is 243 g/mol. The Hall–Kier alpha value is -0.650. The summed E-state index contributed by atoms with van der Waals surface area (Å²) in [6, 6.07) is 0. The van der Waals surface area contributed by atoms with Crippen molar-refractivity contribution in [1.29, 1.82) is 0 Å². The lowest BCUT2D eigenvalue weighted by molar-refractivity contribution is -0.142. The number of rotatable bonds is 6. The summed E-state index contributed by atoms with van der Waals surface area (Å²) in [6.07, 6.45) is 1.32. The molecule has 1 atom stereocenters. The molecule has 0 spiro atoms. The summed E-state index contributed by atoms with van der Waals surface area (Å²) in [6.45, 7) is 9.52. The fourth-order valence-electron chi connectivity index (χ4n) is 2.34. The molecule has 1 saturated heterocycles. The first-order valence-corrected chi connectivity index (χ1v) is 6.49. The second kappa shape index (κ2) is 6.33. The Bertz CT molecular complexity index is 256. The van der Waals surface area contributed by atoms with Gasteiger partial charge >= 0.3 is 0 Å². The predicted molar refractivity (Wildman–Crippen MR) is 67.6 cm³/mol. The van der Waals surface area contributed by atoms with E-state index < -0.39 is 11.5 Å². The molecule has 0 bridgehead atoms. The summed E-state index contributed by atoms with van der Waals surface area (Å²) in [7, 11) is 0. The van der Waals surface area contributed by atoms with Gasteiger partial charge in [-0.3, -0.25) is 9.69 Å². The van der Waals surface area contributed by atoms with Gasteiger partial charge in [-0.05, 0) is 32.5 Å². The van der Waals surface area contributed by atoms with Crippen LogP contribution in [-0.2, 0) is 4.79 Å². The van der Waals surface area contributed by atoms with Gasteiger partial charge in [0.2, 0.25) is 0 Å². The Balaban J connectivity index is 2.42. The van der Waals surface area contributed by atoms with E-state index in [0.717, 1.165) is 39.1 Å². The zero-order valence-corrected chi connectivity index (χ0v) is 11.0. The second-order valence-electron chi connectivity index (χ2n) is 4.80. The highest BCUT2D eigenvalue weighted by molar-refractivity contribution is 5.83. The quantitative estimate of drug-likeness (QED) is 0.668. The molecule has 1 amide bonds. The Labute approximate surface area is 104 Å². The van der Waals surface area contributed by atoms with Crippen LogP contribution in [0.2, 0.25) is 0 Å². The number of piperidine rings is 1. The van der Waals surface area contributed by atoms with Gasteiger partial charge in [0.1, 0.15) is 0 Å². The maximum atomic E-state index is 11.2. The minimum Gasteiger partial charge on any atom is -0.379 e. The van der Waals surface area contributed by atoms with E-state index in [9.17, 15) is 9.90 Å². The van der Waals surface area contributed by atoms with Crippen LogP contribution < -0.4 is 5.73 Å². The van der Waals surface area contributed by atoms with E-state index >= 15 is 0 Å². The van der Waals surface area contributed by atoms with Gasteiger partial charge in [0.15, 0.2) is 5.60 Å². The van der Waals surface area contributed by atoms with E-state index in [4.69, 9.17) is 5.73 Å². The van der Waals surface area contributed by atoms with Crippen LogP contribution in [0.15, 0.2) is 0 Å². The highest BCUT2D eigenvalue weighted by atomic mass is 16.3. The van der Waals surface area contributed by atoms with E-state index in [-0.39, 0.29) is 0 Å². The molecule has 1 aliphatic rings. The molecule has 0 aliphatic carbocycles. The Morgan fingerprint density at radius 1 is 1.47 bits per heavy atom. The minimum absolute atomic E-state index is 0.379. The molecule has 1 rings (SSSR count). The van der Waals surface area contributed by atoms with Gasteiger partial charge in [-0.2, -0.15) is 0 Å². The zero-order valence-electron chi connectivity index (χ0n) is 11.0. The maximum Gasteiger partial charge on any atom is 0.250 e. The molecule has 1 aliphatic heterocycles. The van der Waals surface area contributed by atoms with Crippen molar-refractivity contribution in [3.8, 4) is 0 Å². The number of hydrogen-bond donors (Lipinski definition) is 2. The number of carbonyl (C=O) groups excluding carboxylic acids is 1. The second-order valence-corrected chi connectivity index (χ2v) is 4.80. The number of nitrogens with two attached hydrogens (primary N) is 1. The highest BCUT2D eigenvalue weighted by Crippen LogP contribution is 2.20. The molecule has 1 unspecified atom stereocenters. The lowest BCUT2D eigenvalue weighted by Crippen LogP contribution is -2.56. The summed E-state index contributed by atoms with van der Waals surface area (Å²) in [5.74, 6) is -0.593. The van der Waals surface area contributed by atoms with Crippen molar-refractivity contribution in [3.63, 3.8) is 0 Å². The van der Waals surface area contributed by atoms with Crippen LogP contribution in [0.4, 0.5) is 0 Å². The fraction of sp³-hybridized carbons (Fsp3) is 0.917. The van der Waals surface area contributed by atoms with E-state index in [1.165, 1.54) is 0 Å². The molecule has 17 heavy (non-hydrogen) atoms. The van der Waals surface area contributed by atoms with Crippen molar-refractivity contribution in [2.24, 2.45) is 5.73 Å². The van der Waals surface area contributed by atoms with Crippen LogP contribution in [-0.4, -0.2) is 65.7 Å². The molecule has 0 aromatic rings. The predicted octanol–water partition coefficient (Wildman–Crippen LogP) is -0.360. The fourth-order valence-corrected chi connectivity index (χ4v) is 2.34. The Morgan fingerprint density at radius 2 is 2.12 bits per heavy atom. The molecule has 1 heterocycles. The van der Waals surface area contributed by atoms with Crippen molar-refractivity contribution in [2.45, 2.75) is 32.3 Å². The topological polar surface area (TPSA) is 69.8 Å². The molecule has 1 fully saturated rings. The van der Waals surface area contributed by atoms with Crippen LogP contribution in [0.1, 0.15) is 26.7 Å². The minimum atomic E-state index is -1.32. The third kappa shape index (κ3) is 3.94. The Morgan fingerprint density at radius 3 is 2.65 bits per heavy atom. The summed E-state index contributed by atoms with van der Waals surface area (Å²) >= 11 is 0. The average Bonchev–Trinajstić information content (AvgIpc) is 2.30. The summed E-state index contributed by atoms with van der Waals surface area (Å²) in [5, 5.41) is 10.1. The number of hydrogen-bond acceptors (Lipinski definition) is 4. The standard InChI is InChI=1S/C12H25N3O2/c1-3-14(4-2)8-9-15-7-5-6-12(17,10-15)11(13)16/h17H,3-10H2,1-2H3,(H2,13,16). The van der Waals surface area contributed by atoms with Gasteiger partial charge in [-0.15, -0.1) is 0 Å². The van der Waals surface area contributed by atoms with E-state index in [1.807, 2.05) is 0 Å². The summed E-state index contributed by atoms with van der Waals surface area (Å²) < 4.78 is 0. The van der Waals surface area contributed by atoms with Crippen LogP contribution in [0, 0.1) is 0 Å². The summed E-state index contributed by atoms with van der Waals surface area (Å²) in [5.41, 5.74) is 3.93. The van der Waals surface area contributed by atoms with Gasteiger partial charge < -0.3 is 15.7 Å². The van der Waals surface area contributed by atoms with Crippen LogP contribution in [0.25, 0.3) is 0 Å². The van der Waals surface area contributed by atoms with Gasteiger partial charge in [0, 0.05) is 19.6 Å². The van der Waals surface area contributed by atoms with E-state index in [2.05, 4.69) is 23.6 Å². The van der Waals surface area contributed by atoms with Crippen molar-refractivity contribution < 1.29 is 9.90 Å². The molecule has 0 aromatic carbocycles. The van der Waals surface area contributed by atoms with Gasteiger partial charge in [-0.25, -0.2) is 0 Å². The summed E-state index contributed by atoms with van der Waals surface area (Å²) in [4.78, 5) is 15.7. The molecular formula is C12H25N3O2. The number of nitrogens with zero attached hydrogens (tertiary/aromatic N) is 2. The van der Waals surface area contributed by atoms with Crippen molar-refractivity contribution >= 4 is 5.91 Å². The molecule has 5 heteroatoms.